The van der Waals surface area contributed by atoms with Crippen molar-refractivity contribution in [1.29, 1.82) is 0 Å². The molecule has 30 heavy (non-hydrogen) atoms. The Morgan fingerprint density at radius 2 is 1.87 bits per heavy atom. The molecule has 0 fully saturated rings. The van der Waals surface area contributed by atoms with Crippen LogP contribution in [-0.4, -0.2) is 25.7 Å². The van der Waals surface area contributed by atoms with Gasteiger partial charge in [0.15, 0.2) is 5.65 Å². The van der Waals surface area contributed by atoms with Crippen molar-refractivity contribution in [3.8, 4) is 0 Å². The Morgan fingerprint density at radius 3 is 2.57 bits per heavy atom. The first-order chi connectivity index (χ1) is 14.6. The van der Waals surface area contributed by atoms with Crippen LogP contribution in [0.1, 0.15) is 35.4 Å². The lowest BCUT2D eigenvalue weighted by Gasteiger charge is -2.14. The maximum Gasteiger partial charge on any atom is 0.311 e. The number of aryl methyl sites for hydroxylation is 1. The molecule has 2 heterocycles. The molecule has 2 aromatic heterocycles. The largest absolute Gasteiger partial charge is 0.481 e. The molecule has 0 aliphatic rings. The standard InChI is InChI=1S/C24H24N4O2/c1-2-19-15-21(28-23(27-19)12-13-26-28)16-25-20-10-8-18(9-11-20)22(24(29)30)14-17-6-4-3-5-7-17/h3-13,15,22,25H,2,14,16H2,1H3,(H,29,30). The topological polar surface area (TPSA) is 79.5 Å². The Labute approximate surface area is 175 Å². The summed E-state index contributed by atoms with van der Waals surface area (Å²) < 4.78 is 1.83. The number of anilines is 1. The quantitative estimate of drug-likeness (QED) is 0.461. The van der Waals surface area contributed by atoms with Crippen molar-refractivity contribution in [2.45, 2.75) is 32.2 Å². The number of rotatable bonds is 8. The number of carboxylic acid groups (broad SMARTS) is 1. The van der Waals surface area contributed by atoms with E-state index in [1.165, 1.54) is 0 Å². The van der Waals surface area contributed by atoms with Crippen molar-refractivity contribution < 1.29 is 9.90 Å². The van der Waals surface area contributed by atoms with Crippen LogP contribution in [-0.2, 0) is 24.2 Å². The van der Waals surface area contributed by atoms with Crippen LogP contribution in [0.5, 0.6) is 0 Å². The van der Waals surface area contributed by atoms with Crippen LogP contribution in [0.2, 0.25) is 0 Å². The van der Waals surface area contributed by atoms with E-state index in [0.717, 1.165) is 40.3 Å². The van der Waals surface area contributed by atoms with Crippen LogP contribution in [0.4, 0.5) is 5.69 Å². The molecule has 0 spiro atoms. The predicted molar refractivity (Wildman–Crippen MR) is 117 cm³/mol. The number of aliphatic carboxylic acids is 1. The first-order valence-electron chi connectivity index (χ1n) is 10.1. The van der Waals surface area contributed by atoms with Crippen LogP contribution in [0, 0.1) is 0 Å². The van der Waals surface area contributed by atoms with Crippen molar-refractivity contribution >= 4 is 17.3 Å². The molecule has 2 N–H and O–H groups in total. The SMILES string of the molecule is CCc1cc(CNc2ccc(C(Cc3ccccc3)C(=O)O)cc2)n2nccc2n1. The summed E-state index contributed by atoms with van der Waals surface area (Å²) in [7, 11) is 0. The van der Waals surface area contributed by atoms with Gasteiger partial charge in [-0.15, -0.1) is 0 Å². The fourth-order valence-corrected chi connectivity index (χ4v) is 3.57. The third-order valence-corrected chi connectivity index (χ3v) is 5.22. The molecule has 152 valence electrons. The summed E-state index contributed by atoms with van der Waals surface area (Å²) in [6, 6.07) is 21.3. The number of carboxylic acids is 1. The van der Waals surface area contributed by atoms with E-state index < -0.39 is 11.9 Å². The Kier molecular flexibility index (Phi) is 5.75. The maximum atomic E-state index is 11.8. The number of hydrogen-bond acceptors (Lipinski definition) is 4. The van der Waals surface area contributed by atoms with Gasteiger partial charge in [-0.2, -0.15) is 5.10 Å². The number of hydrogen-bond donors (Lipinski definition) is 2. The Balaban J connectivity index is 1.48. The average molecular weight is 400 g/mol. The van der Waals surface area contributed by atoms with Gasteiger partial charge in [-0.3, -0.25) is 4.79 Å². The van der Waals surface area contributed by atoms with E-state index in [2.05, 4.69) is 28.4 Å². The average Bonchev–Trinajstić information content (AvgIpc) is 3.25. The molecule has 0 saturated carbocycles. The minimum absolute atomic E-state index is 0.469. The molecule has 2 aromatic carbocycles. The fourth-order valence-electron chi connectivity index (χ4n) is 3.57. The molecule has 4 aromatic rings. The van der Waals surface area contributed by atoms with Gasteiger partial charge >= 0.3 is 5.97 Å². The van der Waals surface area contributed by atoms with E-state index in [1.54, 1.807) is 6.20 Å². The molecule has 1 unspecified atom stereocenters. The van der Waals surface area contributed by atoms with Crippen molar-refractivity contribution in [3.05, 3.63) is 95.4 Å². The lowest BCUT2D eigenvalue weighted by molar-refractivity contribution is -0.138. The van der Waals surface area contributed by atoms with Crippen molar-refractivity contribution in [2.75, 3.05) is 5.32 Å². The third kappa shape index (κ3) is 4.33. The second-order valence-corrected chi connectivity index (χ2v) is 7.25. The van der Waals surface area contributed by atoms with Crippen molar-refractivity contribution in [1.82, 2.24) is 14.6 Å². The number of benzene rings is 2. The molecule has 1 atom stereocenters. The zero-order valence-electron chi connectivity index (χ0n) is 16.8. The monoisotopic (exact) mass is 400 g/mol. The zero-order valence-corrected chi connectivity index (χ0v) is 16.8. The van der Waals surface area contributed by atoms with Crippen LogP contribution >= 0.6 is 0 Å². The summed E-state index contributed by atoms with van der Waals surface area (Å²) in [6.45, 7) is 2.68. The van der Waals surface area contributed by atoms with Crippen molar-refractivity contribution in [3.63, 3.8) is 0 Å². The minimum Gasteiger partial charge on any atom is -0.481 e. The molecule has 0 aliphatic heterocycles. The molecule has 6 nitrogen and oxygen atoms in total. The molecule has 0 aliphatic carbocycles. The first kappa shape index (κ1) is 19.6. The molecule has 0 amide bonds. The summed E-state index contributed by atoms with van der Waals surface area (Å²) in [5.74, 6) is -1.39. The number of aromatic nitrogens is 3. The van der Waals surface area contributed by atoms with Gasteiger partial charge in [0.2, 0.25) is 0 Å². The smallest absolute Gasteiger partial charge is 0.311 e. The normalized spacial score (nSPS) is 12.0. The van der Waals surface area contributed by atoms with Crippen LogP contribution in [0.3, 0.4) is 0 Å². The summed E-state index contributed by atoms with van der Waals surface area (Å²) in [6.07, 6.45) is 3.08. The summed E-state index contributed by atoms with van der Waals surface area (Å²) in [5.41, 5.74) is 5.63. The lowest BCUT2D eigenvalue weighted by atomic mass is 9.92. The van der Waals surface area contributed by atoms with Gasteiger partial charge in [-0.1, -0.05) is 49.4 Å². The highest BCUT2D eigenvalue weighted by Gasteiger charge is 2.20. The molecule has 4 rings (SSSR count). The minimum atomic E-state index is -0.815. The van der Waals surface area contributed by atoms with E-state index >= 15 is 0 Å². The molecule has 0 radical (unpaired) electrons. The van der Waals surface area contributed by atoms with Gasteiger partial charge in [0, 0.05) is 17.4 Å². The van der Waals surface area contributed by atoms with Crippen LogP contribution < -0.4 is 5.32 Å². The molecular weight excluding hydrogens is 376 g/mol. The Bertz CT molecular complexity index is 1140. The lowest BCUT2D eigenvalue weighted by Crippen LogP contribution is -2.14. The Hall–Kier alpha value is -3.67. The van der Waals surface area contributed by atoms with E-state index in [0.29, 0.717) is 13.0 Å². The van der Waals surface area contributed by atoms with E-state index in [4.69, 9.17) is 0 Å². The fraction of sp³-hybridized carbons (Fsp3) is 0.208. The first-order valence-corrected chi connectivity index (χ1v) is 10.1. The highest BCUT2D eigenvalue weighted by molar-refractivity contribution is 5.76. The van der Waals surface area contributed by atoms with Crippen LogP contribution in [0.25, 0.3) is 5.65 Å². The summed E-state index contributed by atoms with van der Waals surface area (Å²) >= 11 is 0. The Morgan fingerprint density at radius 1 is 1.10 bits per heavy atom. The number of fused-ring (bicyclic) bond motifs is 1. The van der Waals surface area contributed by atoms with E-state index in [9.17, 15) is 9.90 Å². The van der Waals surface area contributed by atoms with Gasteiger partial charge in [0.05, 0.1) is 24.4 Å². The highest BCUT2D eigenvalue weighted by Crippen LogP contribution is 2.23. The summed E-state index contributed by atoms with van der Waals surface area (Å²) in [4.78, 5) is 16.4. The zero-order chi connectivity index (χ0) is 20.9. The van der Waals surface area contributed by atoms with Gasteiger partial charge in [0.25, 0.3) is 0 Å². The van der Waals surface area contributed by atoms with Crippen LogP contribution in [0.15, 0.2) is 72.9 Å². The van der Waals surface area contributed by atoms with E-state index in [1.807, 2.05) is 65.2 Å². The van der Waals surface area contributed by atoms with E-state index in [-0.39, 0.29) is 0 Å². The second kappa shape index (κ2) is 8.78. The maximum absolute atomic E-state index is 11.8. The van der Waals surface area contributed by atoms with Gasteiger partial charge < -0.3 is 10.4 Å². The van der Waals surface area contributed by atoms with Crippen molar-refractivity contribution in [2.24, 2.45) is 0 Å². The van der Waals surface area contributed by atoms with Gasteiger partial charge in [0.1, 0.15) is 0 Å². The number of nitrogens with one attached hydrogen (secondary N) is 1. The van der Waals surface area contributed by atoms with Gasteiger partial charge in [-0.25, -0.2) is 9.50 Å². The van der Waals surface area contributed by atoms with Gasteiger partial charge in [-0.05, 0) is 42.2 Å². The number of nitrogens with zero attached hydrogens (tertiary/aromatic N) is 3. The predicted octanol–water partition coefficient (Wildman–Crippen LogP) is 4.31. The molecule has 0 saturated heterocycles. The second-order valence-electron chi connectivity index (χ2n) is 7.25. The third-order valence-electron chi connectivity index (χ3n) is 5.22. The highest BCUT2D eigenvalue weighted by atomic mass is 16.4. The number of carbonyl (C=O) groups is 1. The molecule has 0 bridgehead atoms. The molecule has 6 heteroatoms. The summed E-state index contributed by atoms with van der Waals surface area (Å²) in [5, 5.41) is 17.5. The molecular formula is C24H24N4O2.